The zero-order chi connectivity index (χ0) is 9.14. The molecule has 12 heavy (non-hydrogen) atoms. The first kappa shape index (κ1) is 10.0. The van der Waals surface area contributed by atoms with E-state index < -0.39 is 0 Å². The van der Waals surface area contributed by atoms with Gasteiger partial charge in [0.05, 0.1) is 0 Å². The largest absolute Gasteiger partial charge is 0.318 e. The topological polar surface area (TPSA) is 15.3 Å². The van der Waals surface area contributed by atoms with Crippen LogP contribution in [0.3, 0.4) is 0 Å². The number of likely N-dealkylation sites (tertiary alicyclic amines) is 1. The standard InChI is InChI=1S/C10H22N2/c1-8(2)12-7-9(3)5-10(12)6-11-4/h8-11H,5-7H2,1-4H3. The summed E-state index contributed by atoms with van der Waals surface area (Å²) < 4.78 is 0. The van der Waals surface area contributed by atoms with Crippen LogP contribution in [0.5, 0.6) is 0 Å². The predicted molar refractivity (Wildman–Crippen MR) is 53.3 cm³/mol. The number of rotatable bonds is 3. The monoisotopic (exact) mass is 170 g/mol. The van der Waals surface area contributed by atoms with E-state index in [0.717, 1.165) is 18.5 Å². The van der Waals surface area contributed by atoms with Gasteiger partial charge in [0.2, 0.25) is 0 Å². The summed E-state index contributed by atoms with van der Waals surface area (Å²) in [5.74, 6) is 0.880. The molecule has 0 saturated carbocycles. The second-order valence-corrected chi connectivity index (χ2v) is 4.34. The minimum Gasteiger partial charge on any atom is -0.318 e. The number of hydrogen-bond donors (Lipinski definition) is 1. The minimum atomic E-state index is 0.702. The Bertz CT molecular complexity index is 134. The molecule has 0 aromatic rings. The fraction of sp³-hybridized carbons (Fsp3) is 1.00. The fourth-order valence-electron chi connectivity index (χ4n) is 2.25. The molecule has 1 fully saturated rings. The zero-order valence-corrected chi connectivity index (χ0v) is 8.80. The first-order chi connectivity index (χ1) is 5.65. The van der Waals surface area contributed by atoms with Crippen LogP contribution >= 0.6 is 0 Å². The molecule has 2 unspecified atom stereocenters. The molecule has 1 rings (SSSR count). The summed E-state index contributed by atoms with van der Waals surface area (Å²) in [5.41, 5.74) is 0. The molecule has 2 nitrogen and oxygen atoms in total. The van der Waals surface area contributed by atoms with E-state index in [1.165, 1.54) is 13.0 Å². The zero-order valence-electron chi connectivity index (χ0n) is 8.80. The average molecular weight is 170 g/mol. The molecule has 1 saturated heterocycles. The van der Waals surface area contributed by atoms with Crippen LogP contribution in [0, 0.1) is 5.92 Å². The molecule has 0 amide bonds. The summed E-state index contributed by atoms with van der Waals surface area (Å²) >= 11 is 0. The maximum Gasteiger partial charge on any atom is 0.0226 e. The minimum absolute atomic E-state index is 0.702. The molecule has 0 aromatic carbocycles. The van der Waals surface area contributed by atoms with Crippen LogP contribution in [-0.4, -0.2) is 37.1 Å². The third kappa shape index (κ3) is 2.20. The smallest absolute Gasteiger partial charge is 0.0226 e. The van der Waals surface area contributed by atoms with Gasteiger partial charge in [-0.1, -0.05) is 6.92 Å². The third-order valence-corrected chi connectivity index (χ3v) is 2.77. The summed E-state index contributed by atoms with van der Waals surface area (Å²) in [5, 5.41) is 3.27. The molecular formula is C10H22N2. The maximum absolute atomic E-state index is 3.27. The quantitative estimate of drug-likeness (QED) is 0.687. The van der Waals surface area contributed by atoms with E-state index in [0.29, 0.717) is 6.04 Å². The normalized spacial score (nSPS) is 31.8. The van der Waals surface area contributed by atoms with Crippen molar-refractivity contribution >= 4 is 0 Å². The number of nitrogens with zero attached hydrogens (tertiary/aromatic N) is 1. The lowest BCUT2D eigenvalue weighted by Gasteiger charge is -2.27. The van der Waals surface area contributed by atoms with Crippen molar-refractivity contribution in [3.05, 3.63) is 0 Å². The van der Waals surface area contributed by atoms with E-state index >= 15 is 0 Å². The average Bonchev–Trinajstić information content (AvgIpc) is 2.32. The van der Waals surface area contributed by atoms with Crippen molar-refractivity contribution < 1.29 is 0 Å². The van der Waals surface area contributed by atoms with E-state index in [2.05, 4.69) is 31.0 Å². The summed E-state index contributed by atoms with van der Waals surface area (Å²) in [4.78, 5) is 2.61. The highest BCUT2D eigenvalue weighted by atomic mass is 15.2. The first-order valence-corrected chi connectivity index (χ1v) is 5.05. The van der Waals surface area contributed by atoms with Gasteiger partial charge >= 0.3 is 0 Å². The Labute approximate surface area is 76.3 Å². The summed E-state index contributed by atoms with van der Waals surface area (Å²) in [6.45, 7) is 9.36. The van der Waals surface area contributed by atoms with Gasteiger partial charge in [0.15, 0.2) is 0 Å². The molecule has 1 aliphatic rings. The van der Waals surface area contributed by atoms with Crippen molar-refractivity contribution in [2.75, 3.05) is 20.1 Å². The summed E-state index contributed by atoms with van der Waals surface area (Å²) in [6, 6.07) is 1.47. The highest BCUT2D eigenvalue weighted by Crippen LogP contribution is 2.24. The van der Waals surface area contributed by atoms with Crippen molar-refractivity contribution in [3.63, 3.8) is 0 Å². The van der Waals surface area contributed by atoms with Gasteiger partial charge in [-0.3, -0.25) is 4.90 Å². The van der Waals surface area contributed by atoms with Crippen LogP contribution in [0.1, 0.15) is 27.2 Å². The fourth-order valence-corrected chi connectivity index (χ4v) is 2.25. The Morgan fingerprint density at radius 2 is 2.17 bits per heavy atom. The number of nitrogens with one attached hydrogen (secondary N) is 1. The summed E-state index contributed by atoms with van der Waals surface area (Å²) in [7, 11) is 2.04. The van der Waals surface area contributed by atoms with Crippen LogP contribution in [0.2, 0.25) is 0 Å². The lowest BCUT2D eigenvalue weighted by atomic mass is 10.1. The molecule has 1 aliphatic heterocycles. The van der Waals surface area contributed by atoms with E-state index in [1.807, 2.05) is 7.05 Å². The van der Waals surface area contributed by atoms with E-state index in [4.69, 9.17) is 0 Å². The molecule has 1 heterocycles. The molecule has 0 bridgehead atoms. The van der Waals surface area contributed by atoms with Gasteiger partial charge < -0.3 is 5.32 Å². The van der Waals surface area contributed by atoms with Crippen molar-refractivity contribution in [3.8, 4) is 0 Å². The van der Waals surface area contributed by atoms with Crippen molar-refractivity contribution in [2.45, 2.75) is 39.3 Å². The van der Waals surface area contributed by atoms with Crippen LogP contribution < -0.4 is 5.32 Å². The highest BCUT2D eigenvalue weighted by molar-refractivity contribution is 4.86. The van der Waals surface area contributed by atoms with Gasteiger partial charge in [0.25, 0.3) is 0 Å². The SMILES string of the molecule is CNCC1CC(C)CN1C(C)C. The first-order valence-electron chi connectivity index (χ1n) is 5.05. The van der Waals surface area contributed by atoms with E-state index in [-0.39, 0.29) is 0 Å². The number of hydrogen-bond acceptors (Lipinski definition) is 2. The predicted octanol–water partition coefficient (Wildman–Crippen LogP) is 1.32. The number of likely N-dealkylation sites (N-methyl/N-ethyl adjacent to an activating group) is 1. The highest BCUT2D eigenvalue weighted by Gasteiger charge is 2.30. The molecule has 2 heteroatoms. The van der Waals surface area contributed by atoms with Crippen LogP contribution in [0.15, 0.2) is 0 Å². The van der Waals surface area contributed by atoms with E-state index in [9.17, 15) is 0 Å². The Hall–Kier alpha value is -0.0800. The van der Waals surface area contributed by atoms with Crippen LogP contribution in [0.4, 0.5) is 0 Å². The molecule has 1 N–H and O–H groups in total. The molecule has 0 radical (unpaired) electrons. The summed E-state index contributed by atoms with van der Waals surface area (Å²) in [6.07, 6.45) is 1.36. The second-order valence-electron chi connectivity index (χ2n) is 4.34. The van der Waals surface area contributed by atoms with Crippen LogP contribution in [-0.2, 0) is 0 Å². The van der Waals surface area contributed by atoms with Gasteiger partial charge in [-0.15, -0.1) is 0 Å². The molecule has 2 atom stereocenters. The molecule has 0 spiro atoms. The molecule has 0 aliphatic carbocycles. The van der Waals surface area contributed by atoms with Gasteiger partial charge in [0, 0.05) is 25.2 Å². The Kier molecular flexibility index (Phi) is 3.53. The Morgan fingerprint density at radius 1 is 1.50 bits per heavy atom. The van der Waals surface area contributed by atoms with Gasteiger partial charge in [-0.25, -0.2) is 0 Å². The Morgan fingerprint density at radius 3 is 2.67 bits per heavy atom. The van der Waals surface area contributed by atoms with Crippen molar-refractivity contribution in [2.24, 2.45) is 5.92 Å². The molecular weight excluding hydrogens is 148 g/mol. The lowest BCUT2D eigenvalue weighted by molar-refractivity contribution is 0.199. The van der Waals surface area contributed by atoms with E-state index in [1.54, 1.807) is 0 Å². The molecule has 72 valence electrons. The van der Waals surface area contributed by atoms with Crippen molar-refractivity contribution in [1.82, 2.24) is 10.2 Å². The van der Waals surface area contributed by atoms with Gasteiger partial charge in [0.1, 0.15) is 0 Å². The Balaban J connectivity index is 2.47. The molecule has 0 aromatic heterocycles. The lowest BCUT2D eigenvalue weighted by Crippen LogP contribution is -2.40. The van der Waals surface area contributed by atoms with Crippen LogP contribution in [0.25, 0.3) is 0 Å². The maximum atomic E-state index is 3.27. The third-order valence-electron chi connectivity index (χ3n) is 2.77. The van der Waals surface area contributed by atoms with Crippen molar-refractivity contribution in [1.29, 1.82) is 0 Å². The second kappa shape index (κ2) is 4.24. The van der Waals surface area contributed by atoms with Gasteiger partial charge in [-0.2, -0.15) is 0 Å². The van der Waals surface area contributed by atoms with Gasteiger partial charge in [-0.05, 0) is 33.2 Å².